The van der Waals surface area contributed by atoms with Gasteiger partial charge in [-0.25, -0.2) is 0 Å². The number of phenolic OH excluding ortho intramolecular Hbond substituents is 1. The van der Waals surface area contributed by atoms with E-state index in [4.69, 9.17) is 0 Å². The zero-order valence-corrected chi connectivity index (χ0v) is 13.5. The Balaban J connectivity index is 1.61. The molecule has 5 nitrogen and oxygen atoms in total. The second-order valence-corrected chi connectivity index (χ2v) is 6.01. The Kier molecular flexibility index (Phi) is 3.82. The number of aromatic nitrogens is 2. The summed E-state index contributed by atoms with van der Waals surface area (Å²) in [6.45, 7) is 0. The number of nitrogens with one attached hydrogen (secondary N) is 2. The number of benzene rings is 2. The number of hydrogen-bond donors (Lipinski definition) is 3. The summed E-state index contributed by atoms with van der Waals surface area (Å²) in [5, 5.41) is 15.0. The van der Waals surface area contributed by atoms with E-state index in [9.17, 15) is 9.90 Å². The standard InChI is InChI=1S/C20H17N3O2/c24-15-8-5-13(6-9-15)7-10-19-17(20(25)23-22-19)11-14-12-21-18-4-2-1-3-16(14)18/h1-6,8-9,11-12,24H,7,10H2,(H2,22,23,25). The molecule has 1 aromatic heterocycles. The van der Waals surface area contributed by atoms with E-state index in [2.05, 4.69) is 15.2 Å². The Morgan fingerprint density at radius 1 is 1.00 bits per heavy atom. The molecule has 3 N–H and O–H groups in total. The number of H-pyrrole nitrogens is 2. The van der Waals surface area contributed by atoms with Crippen molar-refractivity contribution < 1.29 is 5.11 Å². The van der Waals surface area contributed by atoms with Crippen LogP contribution in [0.3, 0.4) is 0 Å². The summed E-state index contributed by atoms with van der Waals surface area (Å²) in [7, 11) is 0. The summed E-state index contributed by atoms with van der Waals surface area (Å²) in [6.07, 6.45) is 5.15. The third-order valence-corrected chi connectivity index (χ3v) is 4.35. The molecule has 5 heteroatoms. The molecule has 2 aromatic carbocycles. The fourth-order valence-corrected chi connectivity index (χ4v) is 3.00. The fraction of sp³-hybridized carbons (Fsp3) is 0.100. The molecule has 0 amide bonds. The van der Waals surface area contributed by atoms with E-state index in [0.29, 0.717) is 12.0 Å². The normalized spacial score (nSPS) is 14.2. The van der Waals surface area contributed by atoms with Gasteiger partial charge in [0.2, 0.25) is 0 Å². The zero-order chi connectivity index (χ0) is 17.2. The first-order valence-corrected chi connectivity index (χ1v) is 8.13. The lowest BCUT2D eigenvalue weighted by atomic mass is 10.0. The Labute approximate surface area is 144 Å². The minimum atomic E-state index is -0.133. The Morgan fingerprint density at radius 3 is 2.64 bits per heavy atom. The quantitative estimate of drug-likeness (QED) is 0.684. The van der Waals surface area contributed by atoms with Crippen molar-refractivity contribution in [2.24, 2.45) is 4.99 Å². The van der Waals surface area contributed by atoms with Crippen LogP contribution >= 0.6 is 0 Å². The summed E-state index contributed by atoms with van der Waals surface area (Å²) in [6, 6.07) is 15.0. The second-order valence-electron chi connectivity index (χ2n) is 6.01. The van der Waals surface area contributed by atoms with E-state index in [-0.39, 0.29) is 11.3 Å². The summed E-state index contributed by atoms with van der Waals surface area (Å²) in [5.74, 6) is 0.253. The molecule has 0 bridgehead atoms. The highest BCUT2D eigenvalue weighted by Gasteiger charge is 2.14. The van der Waals surface area contributed by atoms with Gasteiger partial charge in [0.1, 0.15) is 5.75 Å². The Hall–Kier alpha value is -3.34. The van der Waals surface area contributed by atoms with Crippen molar-refractivity contribution in [3.63, 3.8) is 0 Å². The highest BCUT2D eigenvalue weighted by Crippen LogP contribution is 2.32. The van der Waals surface area contributed by atoms with Crippen LogP contribution in [-0.2, 0) is 12.8 Å². The van der Waals surface area contributed by atoms with Crippen LogP contribution in [-0.4, -0.2) is 21.5 Å². The molecule has 0 spiro atoms. The van der Waals surface area contributed by atoms with Gasteiger partial charge in [-0.2, -0.15) is 0 Å². The van der Waals surface area contributed by atoms with Crippen LogP contribution in [0, 0.1) is 0 Å². The Bertz CT molecular complexity index is 1020. The van der Waals surface area contributed by atoms with E-state index < -0.39 is 0 Å². The number of fused-ring (bicyclic) bond motifs is 1. The number of aliphatic imine (C=N–C) groups is 1. The number of allylic oxidation sites excluding steroid dienone is 1. The van der Waals surface area contributed by atoms with Crippen molar-refractivity contribution in [3.05, 3.63) is 81.3 Å². The second kappa shape index (κ2) is 6.28. The summed E-state index contributed by atoms with van der Waals surface area (Å²) < 4.78 is 0. The predicted molar refractivity (Wildman–Crippen MR) is 99.4 cm³/mol. The third-order valence-electron chi connectivity index (χ3n) is 4.35. The summed E-state index contributed by atoms with van der Waals surface area (Å²) >= 11 is 0. The molecule has 0 radical (unpaired) electrons. The van der Waals surface area contributed by atoms with Crippen molar-refractivity contribution in [1.82, 2.24) is 10.2 Å². The summed E-state index contributed by atoms with van der Waals surface area (Å²) in [5.41, 5.74) is 5.36. The number of aryl methyl sites for hydroxylation is 2. The van der Waals surface area contributed by atoms with Crippen molar-refractivity contribution in [1.29, 1.82) is 0 Å². The number of para-hydroxylation sites is 1. The lowest BCUT2D eigenvalue weighted by molar-refractivity contribution is 0.475. The van der Waals surface area contributed by atoms with Gasteiger partial charge < -0.3 is 10.2 Å². The molecule has 124 valence electrons. The van der Waals surface area contributed by atoms with Crippen molar-refractivity contribution >= 4 is 23.6 Å². The molecular weight excluding hydrogens is 314 g/mol. The first-order valence-electron chi connectivity index (χ1n) is 8.13. The van der Waals surface area contributed by atoms with Crippen LogP contribution in [0.2, 0.25) is 0 Å². The van der Waals surface area contributed by atoms with E-state index in [1.54, 1.807) is 18.3 Å². The maximum absolute atomic E-state index is 12.2. The monoisotopic (exact) mass is 331 g/mol. The molecule has 0 unspecified atom stereocenters. The first-order chi connectivity index (χ1) is 12.2. The zero-order valence-electron chi connectivity index (χ0n) is 13.5. The van der Waals surface area contributed by atoms with Gasteiger partial charge in [-0.05, 0) is 42.7 Å². The maximum atomic E-state index is 12.2. The van der Waals surface area contributed by atoms with Gasteiger partial charge >= 0.3 is 0 Å². The number of nitrogens with zero attached hydrogens (tertiary/aromatic N) is 1. The molecule has 1 aliphatic heterocycles. The third kappa shape index (κ3) is 3.04. The molecule has 0 aliphatic carbocycles. The molecule has 0 fully saturated rings. The van der Waals surface area contributed by atoms with Crippen LogP contribution in [0.1, 0.15) is 22.4 Å². The van der Waals surface area contributed by atoms with E-state index in [0.717, 1.165) is 34.5 Å². The first kappa shape index (κ1) is 15.2. The van der Waals surface area contributed by atoms with Crippen molar-refractivity contribution in [2.75, 3.05) is 0 Å². The molecule has 0 atom stereocenters. The Morgan fingerprint density at radius 2 is 1.80 bits per heavy atom. The smallest absolute Gasteiger partial charge is 0.271 e. The van der Waals surface area contributed by atoms with Gasteiger partial charge in [0.25, 0.3) is 5.56 Å². The van der Waals surface area contributed by atoms with Crippen LogP contribution in [0.15, 0.2) is 58.3 Å². The number of hydrogen-bond acceptors (Lipinski definition) is 3. The molecule has 2 heterocycles. The maximum Gasteiger partial charge on any atom is 0.271 e. The van der Waals surface area contributed by atoms with E-state index >= 15 is 0 Å². The minimum Gasteiger partial charge on any atom is -0.508 e. The van der Waals surface area contributed by atoms with Gasteiger partial charge in [0.15, 0.2) is 0 Å². The van der Waals surface area contributed by atoms with Crippen molar-refractivity contribution in [2.45, 2.75) is 12.8 Å². The molecule has 25 heavy (non-hydrogen) atoms. The highest BCUT2D eigenvalue weighted by molar-refractivity contribution is 6.21. The molecule has 0 saturated heterocycles. The average Bonchev–Trinajstić information content (AvgIpc) is 3.20. The average molecular weight is 331 g/mol. The lowest BCUT2D eigenvalue weighted by Crippen LogP contribution is -2.03. The number of aromatic amines is 2. The topological polar surface area (TPSA) is 81.2 Å². The van der Waals surface area contributed by atoms with Crippen LogP contribution in [0.25, 0.3) is 11.6 Å². The van der Waals surface area contributed by atoms with Crippen LogP contribution < -0.4 is 5.56 Å². The van der Waals surface area contributed by atoms with Gasteiger partial charge in [-0.3, -0.25) is 14.9 Å². The number of aromatic hydroxyl groups is 1. The summed E-state index contributed by atoms with van der Waals surface area (Å²) in [4.78, 5) is 16.6. The van der Waals surface area contributed by atoms with E-state index in [1.807, 2.05) is 42.5 Å². The predicted octanol–water partition coefficient (Wildman–Crippen LogP) is 3.45. The molecular formula is C20H17N3O2. The van der Waals surface area contributed by atoms with Crippen LogP contribution in [0.4, 0.5) is 5.69 Å². The molecule has 0 saturated carbocycles. The number of phenols is 1. The lowest BCUT2D eigenvalue weighted by Gasteiger charge is -2.03. The van der Waals surface area contributed by atoms with Crippen LogP contribution in [0.5, 0.6) is 5.75 Å². The fourth-order valence-electron chi connectivity index (χ4n) is 3.00. The molecule has 4 rings (SSSR count). The number of rotatable bonds is 4. The highest BCUT2D eigenvalue weighted by atomic mass is 16.3. The van der Waals surface area contributed by atoms with Gasteiger partial charge in [-0.1, -0.05) is 30.3 Å². The largest absolute Gasteiger partial charge is 0.508 e. The van der Waals surface area contributed by atoms with Gasteiger partial charge in [0, 0.05) is 23.0 Å². The SMILES string of the molecule is O=c1[nH][nH]c(CCc2ccc(O)cc2)c1C=C1C=Nc2ccccc21. The van der Waals surface area contributed by atoms with Crippen molar-refractivity contribution in [3.8, 4) is 5.75 Å². The molecule has 3 aromatic rings. The molecule has 1 aliphatic rings. The minimum absolute atomic E-state index is 0.133. The van der Waals surface area contributed by atoms with E-state index in [1.165, 1.54) is 0 Å². The van der Waals surface area contributed by atoms with Gasteiger partial charge in [0.05, 0.1) is 11.3 Å². The van der Waals surface area contributed by atoms with Gasteiger partial charge in [-0.15, -0.1) is 0 Å².